The Balaban J connectivity index is 0.00000245. The third kappa shape index (κ3) is 4.16. The lowest BCUT2D eigenvalue weighted by Gasteiger charge is -2.16. The standard InChI is InChI=1S/C24H26N6O.ClH/c1-31-18-7-3-15(4-8-18)11-19-22(20(13-25)24(26)28-23(19)16-5-6-16)21-12-17-14-27-9-2-10-30(17)29-21;/h3-4,7-8,12,16,27H,2,5-6,9-11,14H2,1H3,(H2,26,28);1H. The largest absolute Gasteiger partial charge is 0.497 e. The van der Waals surface area contributed by atoms with E-state index in [2.05, 4.69) is 34.3 Å². The molecule has 1 aromatic carbocycles. The molecule has 3 heterocycles. The summed E-state index contributed by atoms with van der Waals surface area (Å²) in [7, 11) is 1.67. The number of ether oxygens (including phenoxy) is 1. The highest BCUT2D eigenvalue weighted by molar-refractivity contribution is 5.85. The Morgan fingerprint density at radius 2 is 2.06 bits per heavy atom. The summed E-state index contributed by atoms with van der Waals surface area (Å²) in [4.78, 5) is 4.70. The van der Waals surface area contributed by atoms with Crippen molar-refractivity contribution in [1.29, 1.82) is 5.26 Å². The van der Waals surface area contributed by atoms with Crippen molar-refractivity contribution in [3.05, 3.63) is 58.4 Å². The molecule has 0 amide bonds. The van der Waals surface area contributed by atoms with E-state index in [0.29, 0.717) is 23.7 Å². The predicted molar refractivity (Wildman–Crippen MR) is 126 cm³/mol. The first-order valence-electron chi connectivity index (χ1n) is 10.8. The van der Waals surface area contributed by atoms with Crippen LogP contribution in [-0.4, -0.2) is 28.4 Å². The maximum Gasteiger partial charge on any atom is 0.142 e. The predicted octanol–water partition coefficient (Wildman–Crippen LogP) is 3.79. The van der Waals surface area contributed by atoms with Gasteiger partial charge in [0, 0.05) is 24.6 Å². The molecule has 7 nitrogen and oxygen atoms in total. The van der Waals surface area contributed by atoms with Crippen molar-refractivity contribution in [2.75, 3.05) is 19.4 Å². The number of benzene rings is 1. The molecule has 5 rings (SSSR count). The van der Waals surface area contributed by atoms with Gasteiger partial charge in [0.2, 0.25) is 0 Å². The average molecular weight is 451 g/mol. The van der Waals surface area contributed by atoms with Gasteiger partial charge in [0.25, 0.3) is 0 Å². The van der Waals surface area contributed by atoms with Gasteiger partial charge in [0.15, 0.2) is 0 Å². The molecule has 8 heteroatoms. The highest BCUT2D eigenvalue weighted by Crippen LogP contribution is 2.45. The van der Waals surface area contributed by atoms with Crippen LogP contribution in [0.15, 0.2) is 30.3 Å². The van der Waals surface area contributed by atoms with Crippen molar-refractivity contribution in [3.63, 3.8) is 0 Å². The van der Waals surface area contributed by atoms with Gasteiger partial charge in [-0.15, -0.1) is 12.4 Å². The number of methoxy groups -OCH3 is 1. The van der Waals surface area contributed by atoms with E-state index in [1.54, 1.807) is 7.11 Å². The Bertz CT molecular complexity index is 1140. The summed E-state index contributed by atoms with van der Waals surface area (Å²) >= 11 is 0. The zero-order valence-corrected chi connectivity index (χ0v) is 18.9. The maximum atomic E-state index is 9.98. The maximum absolute atomic E-state index is 9.98. The number of fused-ring (bicyclic) bond motifs is 1. The van der Waals surface area contributed by atoms with E-state index in [1.165, 1.54) is 0 Å². The number of pyridine rings is 1. The summed E-state index contributed by atoms with van der Waals surface area (Å²) in [5.41, 5.74) is 12.7. The second kappa shape index (κ2) is 9.19. The van der Waals surface area contributed by atoms with E-state index in [-0.39, 0.29) is 12.4 Å². The Morgan fingerprint density at radius 1 is 1.28 bits per heavy atom. The second-order valence-electron chi connectivity index (χ2n) is 8.30. The Hall–Kier alpha value is -3.08. The number of nitrogen functional groups attached to an aromatic ring is 1. The van der Waals surface area contributed by atoms with Gasteiger partial charge in [0.1, 0.15) is 23.2 Å². The van der Waals surface area contributed by atoms with Crippen molar-refractivity contribution in [2.45, 2.75) is 44.7 Å². The minimum atomic E-state index is 0. The summed E-state index contributed by atoms with van der Waals surface area (Å²) in [5, 5.41) is 18.3. The first-order valence-corrected chi connectivity index (χ1v) is 10.8. The van der Waals surface area contributed by atoms with Crippen LogP contribution in [0.4, 0.5) is 5.82 Å². The summed E-state index contributed by atoms with van der Waals surface area (Å²) in [5.74, 6) is 1.54. The van der Waals surface area contributed by atoms with Crippen molar-refractivity contribution < 1.29 is 4.74 Å². The van der Waals surface area contributed by atoms with Gasteiger partial charge < -0.3 is 15.8 Å². The zero-order chi connectivity index (χ0) is 21.4. The number of halogens is 1. The van der Waals surface area contributed by atoms with E-state index in [4.69, 9.17) is 20.6 Å². The summed E-state index contributed by atoms with van der Waals surface area (Å²) in [6.07, 6.45) is 3.92. The molecule has 1 fully saturated rings. The quantitative estimate of drug-likeness (QED) is 0.613. The van der Waals surface area contributed by atoms with Gasteiger partial charge in [-0.2, -0.15) is 10.4 Å². The summed E-state index contributed by atoms with van der Waals surface area (Å²) in [6.45, 7) is 2.63. The van der Waals surface area contributed by atoms with Crippen LogP contribution in [0.1, 0.15) is 53.3 Å². The molecular formula is C24H27ClN6O. The number of aryl methyl sites for hydroxylation is 1. The van der Waals surface area contributed by atoms with Crippen molar-refractivity contribution in [1.82, 2.24) is 20.1 Å². The Labute approximate surface area is 194 Å². The van der Waals surface area contributed by atoms with Crippen molar-refractivity contribution >= 4 is 18.2 Å². The lowest BCUT2D eigenvalue weighted by molar-refractivity contribution is 0.414. The monoisotopic (exact) mass is 450 g/mol. The molecule has 0 radical (unpaired) electrons. The van der Waals surface area contributed by atoms with Gasteiger partial charge in [0.05, 0.1) is 24.2 Å². The molecule has 1 aliphatic carbocycles. The molecule has 0 unspecified atom stereocenters. The summed E-state index contributed by atoms with van der Waals surface area (Å²) in [6, 6.07) is 12.5. The van der Waals surface area contributed by atoms with E-state index in [1.807, 2.05) is 12.1 Å². The van der Waals surface area contributed by atoms with E-state index >= 15 is 0 Å². The van der Waals surface area contributed by atoms with E-state index < -0.39 is 0 Å². The van der Waals surface area contributed by atoms with Gasteiger partial charge in [-0.3, -0.25) is 4.68 Å². The number of nitrogens with two attached hydrogens (primary N) is 1. The van der Waals surface area contributed by atoms with Crippen LogP contribution in [0.25, 0.3) is 11.3 Å². The molecule has 1 saturated carbocycles. The van der Waals surface area contributed by atoms with Gasteiger partial charge in [-0.1, -0.05) is 12.1 Å². The molecule has 32 heavy (non-hydrogen) atoms. The molecule has 3 N–H and O–H groups in total. The number of nitrogens with zero attached hydrogens (tertiary/aromatic N) is 4. The Kier molecular flexibility index (Phi) is 6.35. The molecule has 2 aromatic heterocycles. The lowest BCUT2D eigenvalue weighted by Crippen LogP contribution is -2.11. The molecular weight excluding hydrogens is 424 g/mol. The number of hydrogen-bond acceptors (Lipinski definition) is 6. The van der Waals surface area contributed by atoms with Gasteiger partial charge in [-0.05, 0) is 61.6 Å². The topological polar surface area (TPSA) is 102 Å². The van der Waals surface area contributed by atoms with Crippen LogP contribution in [-0.2, 0) is 19.5 Å². The number of aromatic nitrogens is 3. The third-order valence-corrected chi connectivity index (χ3v) is 6.12. The highest BCUT2D eigenvalue weighted by Gasteiger charge is 2.32. The molecule has 0 atom stereocenters. The second-order valence-corrected chi connectivity index (χ2v) is 8.30. The SMILES string of the molecule is COc1ccc(Cc2c(C3CC3)nc(N)c(C#N)c2-c2cc3n(n2)CCCNC3)cc1.Cl. The fourth-order valence-electron chi connectivity index (χ4n) is 4.36. The number of nitriles is 1. The third-order valence-electron chi connectivity index (χ3n) is 6.12. The number of rotatable bonds is 5. The van der Waals surface area contributed by atoms with E-state index in [0.717, 1.165) is 78.4 Å². The van der Waals surface area contributed by atoms with Crippen LogP contribution >= 0.6 is 12.4 Å². The van der Waals surface area contributed by atoms with Gasteiger partial charge in [-0.25, -0.2) is 4.98 Å². The molecule has 3 aromatic rings. The number of nitrogens with one attached hydrogen (secondary N) is 1. The zero-order valence-electron chi connectivity index (χ0n) is 18.1. The molecule has 0 spiro atoms. The fraction of sp³-hybridized carbons (Fsp3) is 0.375. The average Bonchev–Trinajstić information content (AvgIpc) is 3.59. The van der Waals surface area contributed by atoms with Crippen molar-refractivity contribution in [2.24, 2.45) is 0 Å². The lowest BCUT2D eigenvalue weighted by atomic mass is 9.91. The van der Waals surface area contributed by atoms with Crippen LogP contribution in [0.3, 0.4) is 0 Å². The normalized spacial score (nSPS) is 15.2. The molecule has 0 saturated heterocycles. The molecule has 2 aliphatic rings. The van der Waals surface area contributed by atoms with Crippen LogP contribution in [0, 0.1) is 11.3 Å². The van der Waals surface area contributed by atoms with Crippen LogP contribution in [0.2, 0.25) is 0 Å². The van der Waals surface area contributed by atoms with Crippen LogP contribution < -0.4 is 15.8 Å². The first kappa shape index (κ1) is 22.1. The highest BCUT2D eigenvalue weighted by atomic mass is 35.5. The molecule has 0 bridgehead atoms. The summed E-state index contributed by atoms with van der Waals surface area (Å²) < 4.78 is 7.36. The van der Waals surface area contributed by atoms with Gasteiger partial charge >= 0.3 is 0 Å². The molecule has 1 aliphatic heterocycles. The van der Waals surface area contributed by atoms with Crippen LogP contribution in [0.5, 0.6) is 5.75 Å². The minimum absolute atomic E-state index is 0. The first-order chi connectivity index (χ1) is 15.2. The number of hydrogen-bond donors (Lipinski definition) is 2. The van der Waals surface area contributed by atoms with Crippen molar-refractivity contribution in [3.8, 4) is 23.1 Å². The molecule has 166 valence electrons. The van der Waals surface area contributed by atoms with E-state index in [9.17, 15) is 5.26 Å². The minimum Gasteiger partial charge on any atom is -0.497 e. The fourth-order valence-corrected chi connectivity index (χ4v) is 4.36. The number of anilines is 1. The Morgan fingerprint density at radius 3 is 2.75 bits per heavy atom. The smallest absolute Gasteiger partial charge is 0.142 e.